The smallest absolute Gasteiger partial charge is 0.242 e. The Morgan fingerprint density at radius 2 is 2.13 bits per heavy atom. The van der Waals surface area contributed by atoms with Crippen molar-refractivity contribution >= 4 is 11.8 Å². The Morgan fingerprint density at radius 3 is 2.60 bits per heavy atom. The summed E-state index contributed by atoms with van der Waals surface area (Å²) >= 11 is 0. The van der Waals surface area contributed by atoms with E-state index in [4.69, 9.17) is 5.73 Å². The normalized spacial score (nSPS) is 19.0. The Hall–Kier alpha value is -1.10. The first-order valence-corrected chi connectivity index (χ1v) is 5.24. The van der Waals surface area contributed by atoms with Crippen molar-refractivity contribution in [3.05, 3.63) is 0 Å². The molecule has 5 heteroatoms. The molecule has 0 aromatic heterocycles. The highest BCUT2D eigenvalue weighted by Crippen LogP contribution is 2.27. The van der Waals surface area contributed by atoms with E-state index in [0.717, 1.165) is 19.4 Å². The molecule has 1 heterocycles. The molecule has 0 atom stereocenters. The van der Waals surface area contributed by atoms with E-state index in [2.05, 4.69) is 5.32 Å². The number of nitrogens with one attached hydrogen (secondary N) is 1. The van der Waals surface area contributed by atoms with E-state index >= 15 is 0 Å². The van der Waals surface area contributed by atoms with Crippen molar-refractivity contribution in [2.24, 2.45) is 5.73 Å². The number of hydrogen-bond donors (Lipinski definition) is 2. The third-order valence-electron chi connectivity index (χ3n) is 2.82. The highest BCUT2D eigenvalue weighted by atomic mass is 16.2. The molecule has 86 valence electrons. The van der Waals surface area contributed by atoms with Crippen LogP contribution in [0.3, 0.4) is 0 Å². The second kappa shape index (κ2) is 4.61. The van der Waals surface area contributed by atoms with Crippen LogP contribution in [-0.4, -0.2) is 41.9 Å². The van der Waals surface area contributed by atoms with Gasteiger partial charge in [0.15, 0.2) is 0 Å². The number of likely N-dealkylation sites (tertiary alicyclic amines) is 1. The van der Waals surface area contributed by atoms with Crippen molar-refractivity contribution < 1.29 is 9.59 Å². The number of hydrogen-bond acceptors (Lipinski definition) is 3. The van der Waals surface area contributed by atoms with Gasteiger partial charge in [-0.1, -0.05) is 0 Å². The maximum Gasteiger partial charge on any atom is 0.242 e. The molecule has 0 saturated carbocycles. The van der Waals surface area contributed by atoms with Crippen LogP contribution in [0.2, 0.25) is 0 Å². The van der Waals surface area contributed by atoms with Crippen LogP contribution in [-0.2, 0) is 9.59 Å². The molecule has 15 heavy (non-hydrogen) atoms. The Morgan fingerprint density at radius 1 is 1.47 bits per heavy atom. The molecule has 1 fully saturated rings. The molecule has 1 aliphatic rings. The van der Waals surface area contributed by atoms with Gasteiger partial charge in [-0.2, -0.15) is 0 Å². The molecule has 5 nitrogen and oxygen atoms in total. The minimum atomic E-state index is -0.291. The van der Waals surface area contributed by atoms with Crippen LogP contribution >= 0.6 is 0 Å². The van der Waals surface area contributed by atoms with Crippen molar-refractivity contribution in [2.75, 3.05) is 19.6 Å². The Balaban J connectivity index is 2.44. The van der Waals surface area contributed by atoms with Gasteiger partial charge in [-0.05, 0) is 26.7 Å². The summed E-state index contributed by atoms with van der Waals surface area (Å²) in [7, 11) is 0. The number of nitrogens with two attached hydrogens (primary N) is 1. The van der Waals surface area contributed by atoms with E-state index < -0.39 is 0 Å². The standard InChI is InChI=1S/C10H19N3O2/c1-10(2)4-3-5-13(10)9(15)7-12-8(14)6-11/h3-7,11H2,1-2H3,(H,12,14). The second-order valence-electron chi connectivity index (χ2n) is 4.44. The molecule has 2 amide bonds. The summed E-state index contributed by atoms with van der Waals surface area (Å²) in [4.78, 5) is 24.5. The third-order valence-corrected chi connectivity index (χ3v) is 2.82. The van der Waals surface area contributed by atoms with Gasteiger partial charge in [0.2, 0.25) is 11.8 Å². The van der Waals surface area contributed by atoms with Crippen molar-refractivity contribution in [2.45, 2.75) is 32.2 Å². The molecular weight excluding hydrogens is 194 g/mol. The predicted molar refractivity (Wildman–Crippen MR) is 57.1 cm³/mol. The van der Waals surface area contributed by atoms with Gasteiger partial charge in [0.25, 0.3) is 0 Å². The predicted octanol–water partition coefficient (Wildman–Crippen LogP) is -0.538. The Labute approximate surface area is 90.0 Å². The molecule has 1 aliphatic heterocycles. The lowest BCUT2D eigenvalue weighted by molar-refractivity contribution is -0.135. The fourth-order valence-electron chi connectivity index (χ4n) is 1.91. The highest BCUT2D eigenvalue weighted by Gasteiger charge is 2.34. The largest absolute Gasteiger partial charge is 0.346 e. The molecule has 0 unspecified atom stereocenters. The minimum Gasteiger partial charge on any atom is -0.346 e. The van der Waals surface area contributed by atoms with E-state index in [9.17, 15) is 9.59 Å². The van der Waals surface area contributed by atoms with E-state index in [1.54, 1.807) is 0 Å². The summed E-state index contributed by atoms with van der Waals surface area (Å²) in [5.74, 6) is -0.320. The molecule has 0 aliphatic carbocycles. The molecule has 0 bridgehead atoms. The van der Waals surface area contributed by atoms with Gasteiger partial charge >= 0.3 is 0 Å². The SMILES string of the molecule is CC1(C)CCCN1C(=O)CNC(=O)CN. The second-order valence-corrected chi connectivity index (χ2v) is 4.44. The maximum absolute atomic E-state index is 11.8. The number of nitrogens with zero attached hydrogens (tertiary/aromatic N) is 1. The summed E-state index contributed by atoms with van der Waals surface area (Å²) in [6, 6.07) is 0. The van der Waals surface area contributed by atoms with Gasteiger partial charge in [0, 0.05) is 12.1 Å². The van der Waals surface area contributed by atoms with Gasteiger partial charge in [-0.25, -0.2) is 0 Å². The zero-order valence-corrected chi connectivity index (χ0v) is 9.38. The number of rotatable bonds is 3. The molecule has 0 radical (unpaired) electrons. The van der Waals surface area contributed by atoms with E-state index in [0.29, 0.717) is 0 Å². The van der Waals surface area contributed by atoms with Gasteiger partial charge in [-0.3, -0.25) is 9.59 Å². The van der Waals surface area contributed by atoms with Crippen molar-refractivity contribution in [3.63, 3.8) is 0 Å². The van der Waals surface area contributed by atoms with Crippen molar-refractivity contribution in [1.29, 1.82) is 0 Å². The summed E-state index contributed by atoms with van der Waals surface area (Å²) in [6.45, 7) is 4.85. The molecule has 1 rings (SSSR count). The quantitative estimate of drug-likeness (QED) is 0.661. The maximum atomic E-state index is 11.8. The zero-order valence-electron chi connectivity index (χ0n) is 9.38. The highest BCUT2D eigenvalue weighted by molar-refractivity contribution is 5.86. The monoisotopic (exact) mass is 213 g/mol. The molecular formula is C10H19N3O2. The molecule has 0 aromatic carbocycles. The average molecular weight is 213 g/mol. The van der Waals surface area contributed by atoms with Gasteiger partial charge in [0.1, 0.15) is 0 Å². The third kappa shape index (κ3) is 2.92. The first-order valence-electron chi connectivity index (χ1n) is 5.24. The molecule has 0 spiro atoms. The fraction of sp³-hybridized carbons (Fsp3) is 0.800. The van der Waals surface area contributed by atoms with Crippen LogP contribution in [0.25, 0.3) is 0 Å². The molecule has 3 N–H and O–H groups in total. The lowest BCUT2D eigenvalue weighted by Crippen LogP contribution is -2.48. The zero-order chi connectivity index (χ0) is 11.5. The van der Waals surface area contributed by atoms with Gasteiger partial charge < -0.3 is 16.0 Å². The van der Waals surface area contributed by atoms with Gasteiger partial charge in [0.05, 0.1) is 13.1 Å². The summed E-state index contributed by atoms with van der Waals surface area (Å²) < 4.78 is 0. The molecule has 0 aromatic rings. The lowest BCUT2D eigenvalue weighted by Gasteiger charge is -2.31. The summed E-state index contributed by atoms with van der Waals surface area (Å²) in [5, 5.41) is 2.49. The number of amides is 2. The lowest BCUT2D eigenvalue weighted by atomic mass is 10.0. The topological polar surface area (TPSA) is 75.4 Å². The van der Waals surface area contributed by atoms with Crippen LogP contribution in [0.4, 0.5) is 0 Å². The van der Waals surface area contributed by atoms with Gasteiger partial charge in [-0.15, -0.1) is 0 Å². The Bertz CT molecular complexity index is 263. The van der Waals surface area contributed by atoms with E-state index in [1.807, 2.05) is 18.7 Å². The summed E-state index contributed by atoms with van der Waals surface area (Å²) in [6.07, 6.45) is 2.05. The van der Waals surface area contributed by atoms with Crippen molar-refractivity contribution in [3.8, 4) is 0 Å². The van der Waals surface area contributed by atoms with Crippen LogP contribution in [0.15, 0.2) is 0 Å². The fourth-order valence-corrected chi connectivity index (χ4v) is 1.91. The first-order chi connectivity index (χ1) is 6.97. The van der Waals surface area contributed by atoms with Crippen LogP contribution in [0, 0.1) is 0 Å². The number of carbonyl (C=O) groups is 2. The molecule has 1 saturated heterocycles. The van der Waals surface area contributed by atoms with E-state index in [1.165, 1.54) is 0 Å². The average Bonchev–Trinajstić information content (AvgIpc) is 2.53. The van der Waals surface area contributed by atoms with Crippen LogP contribution in [0.1, 0.15) is 26.7 Å². The number of carbonyl (C=O) groups excluding carboxylic acids is 2. The van der Waals surface area contributed by atoms with Crippen LogP contribution < -0.4 is 11.1 Å². The first kappa shape index (κ1) is 12.0. The van der Waals surface area contributed by atoms with Crippen LogP contribution in [0.5, 0.6) is 0 Å². The summed E-state index contributed by atoms with van der Waals surface area (Å²) in [5.41, 5.74) is 5.05. The minimum absolute atomic E-state index is 0.0284. The Kier molecular flexibility index (Phi) is 3.68. The van der Waals surface area contributed by atoms with E-state index in [-0.39, 0.29) is 30.4 Å². The van der Waals surface area contributed by atoms with Crippen molar-refractivity contribution in [1.82, 2.24) is 10.2 Å².